The third-order valence-corrected chi connectivity index (χ3v) is 7.11. The van der Waals surface area contributed by atoms with E-state index in [4.69, 9.17) is 34.8 Å². The molecule has 1 aliphatic rings. The van der Waals surface area contributed by atoms with Crippen molar-refractivity contribution in [1.29, 1.82) is 0 Å². The van der Waals surface area contributed by atoms with Gasteiger partial charge in [-0.25, -0.2) is 13.1 Å². The van der Waals surface area contributed by atoms with E-state index in [0.717, 1.165) is 5.56 Å². The summed E-state index contributed by atoms with van der Waals surface area (Å²) in [5.41, 5.74) is 2.36. The summed E-state index contributed by atoms with van der Waals surface area (Å²) in [6, 6.07) is 20.8. The summed E-state index contributed by atoms with van der Waals surface area (Å²) in [5.74, 6) is 0. The second-order valence-corrected chi connectivity index (χ2v) is 10.1. The van der Waals surface area contributed by atoms with E-state index in [1.54, 1.807) is 53.5 Å². The van der Waals surface area contributed by atoms with Crippen molar-refractivity contribution in [3.63, 3.8) is 0 Å². The predicted molar refractivity (Wildman–Crippen MR) is 127 cm³/mol. The average Bonchev–Trinajstić information content (AvgIpc) is 3.17. The van der Waals surface area contributed by atoms with Gasteiger partial charge < -0.3 is 0 Å². The van der Waals surface area contributed by atoms with E-state index in [0.29, 0.717) is 32.9 Å². The highest BCUT2D eigenvalue weighted by Crippen LogP contribution is 2.39. The molecule has 0 unspecified atom stereocenters. The number of sulfonamides is 1. The molecule has 1 aliphatic heterocycles. The smallest absolute Gasteiger partial charge is 0.240 e. The minimum atomic E-state index is -3.64. The number of nitrogens with one attached hydrogen (secondary N) is 1. The second-order valence-electron chi connectivity index (χ2n) is 7.02. The molecule has 0 aromatic heterocycles. The van der Waals surface area contributed by atoms with Crippen molar-refractivity contribution in [1.82, 2.24) is 4.72 Å². The molecule has 0 amide bonds. The van der Waals surface area contributed by atoms with Crippen molar-refractivity contribution in [3.05, 3.63) is 93.4 Å². The van der Waals surface area contributed by atoms with Crippen molar-refractivity contribution in [3.8, 4) is 0 Å². The number of hydrazone groups is 1. The summed E-state index contributed by atoms with van der Waals surface area (Å²) in [5, 5.41) is 8.11. The van der Waals surface area contributed by atoms with E-state index < -0.39 is 10.0 Å². The summed E-state index contributed by atoms with van der Waals surface area (Å²) in [6.07, 6.45) is 0.526. The Labute approximate surface area is 196 Å². The Kier molecular flexibility index (Phi) is 6.55. The highest BCUT2D eigenvalue weighted by molar-refractivity contribution is 7.89. The maximum absolute atomic E-state index is 12.6. The van der Waals surface area contributed by atoms with Gasteiger partial charge in [0.15, 0.2) is 0 Å². The molecule has 31 heavy (non-hydrogen) atoms. The van der Waals surface area contributed by atoms with Crippen LogP contribution in [0.25, 0.3) is 0 Å². The van der Waals surface area contributed by atoms with Crippen molar-refractivity contribution in [2.24, 2.45) is 5.10 Å². The molecule has 0 bridgehead atoms. The summed E-state index contributed by atoms with van der Waals surface area (Å²) in [6.45, 7) is 0.0863. The Balaban J connectivity index is 1.62. The predicted octanol–water partition coefficient (Wildman–Crippen LogP) is 5.93. The number of hydrogen-bond donors (Lipinski definition) is 1. The van der Waals surface area contributed by atoms with Crippen LogP contribution in [0.5, 0.6) is 0 Å². The van der Waals surface area contributed by atoms with Gasteiger partial charge in [-0.1, -0.05) is 65.1 Å². The minimum absolute atomic E-state index is 0.0863. The normalized spacial score (nSPS) is 16.4. The number of benzene rings is 3. The van der Waals surface area contributed by atoms with Crippen molar-refractivity contribution in [2.75, 3.05) is 11.6 Å². The van der Waals surface area contributed by atoms with Crippen LogP contribution in [0.3, 0.4) is 0 Å². The van der Waals surface area contributed by atoms with Crippen LogP contribution in [-0.4, -0.2) is 20.7 Å². The number of rotatable bonds is 6. The van der Waals surface area contributed by atoms with Crippen LogP contribution in [0.2, 0.25) is 15.1 Å². The van der Waals surface area contributed by atoms with Crippen LogP contribution in [0, 0.1) is 0 Å². The van der Waals surface area contributed by atoms with Crippen LogP contribution in [-0.2, 0) is 10.0 Å². The van der Waals surface area contributed by atoms with Gasteiger partial charge in [-0.05, 0) is 48.0 Å². The molecule has 3 aromatic rings. The van der Waals surface area contributed by atoms with Crippen LogP contribution >= 0.6 is 34.8 Å². The fraction of sp³-hybridized carbons (Fsp3) is 0.136. The topological polar surface area (TPSA) is 61.8 Å². The highest BCUT2D eigenvalue weighted by atomic mass is 35.5. The van der Waals surface area contributed by atoms with E-state index in [1.807, 2.05) is 24.3 Å². The third kappa shape index (κ3) is 5.05. The molecule has 0 radical (unpaired) electrons. The molecule has 1 heterocycles. The molecule has 9 heteroatoms. The first-order chi connectivity index (χ1) is 14.8. The van der Waals surface area contributed by atoms with Crippen LogP contribution < -0.4 is 9.73 Å². The third-order valence-electron chi connectivity index (χ3n) is 4.90. The van der Waals surface area contributed by atoms with Gasteiger partial charge in [0.05, 0.1) is 33.9 Å². The summed E-state index contributed by atoms with van der Waals surface area (Å²) in [7, 11) is -3.64. The fourth-order valence-electron chi connectivity index (χ4n) is 3.37. The molecule has 0 fully saturated rings. The maximum Gasteiger partial charge on any atom is 0.240 e. The molecule has 0 saturated carbocycles. The zero-order valence-electron chi connectivity index (χ0n) is 16.2. The van der Waals surface area contributed by atoms with Crippen molar-refractivity contribution >= 4 is 56.2 Å². The van der Waals surface area contributed by atoms with E-state index >= 15 is 0 Å². The molecular formula is C22H18Cl3N3O2S. The summed E-state index contributed by atoms with van der Waals surface area (Å²) >= 11 is 18.5. The van der Waals surface area contributed by atoms with Gasteiger partial charge in [-0.2, -0.15) is 5.10 Å². The number of anilines is 1. The molecule has 0 saturated heterocycles. The molecule has 0 spiro atoms. The van der Waals surface area contributed by atoms with E-state index in [1.165, 1.54) is 0 Å². The van der Waals surface area contributed by atoms with Gasteiger partial charge >= 0.3 is 0 Å². The van der Waals surface area contributed by atoms with Crippen LogP contribution in [0.4, 0.5) is 5.69 Å². The van der Waals surface area contributed by atoms with Gasteiger partial charge in [0.25, 0.3) is 0 Å². The Morgan fingerprint density at radius 1 is 0.935 bits per heavy atom. The second kappa shape index (κ2) is 9.18. The number of nitrogens with zero attached hydrogens (tertiary/aromatic N) is 2. The van der Waals surface area contributed by atoms with Gasteiger partial charge in [0.2, 0.25) is 10.0 Å². The molecule has 160 valence electrons. The number of hydrogen-bond acceptors (Lipinski definition) is 4. The molecule has 3 aromatic carbocycles. The summed E-state index contributed by atoms with van der Waals surface area (Å²) < 4.78 is 27.8. The highest BCUT2D eigenvalue weighted by Gasteiger charge is 2.31. The zero-order chi connectivity index (χ0) is 22.0. The monoisotopic (exact) mass is 493 g/mol. The van der Waals surface area contributed by atoms with E-state index in [9.17, 15) is 8.42 Å². The quantitative estimate of drug-likeness (QED) is 0.462. The average molecular weight is 495 g/mol. The Hall–Kier alpha value is -2.09. The van der Waals surface area contributed by atoms with Gasteiger partial charge in [0, 0.05) is 16.5 Å². The first kappa shape index (κ1) is 22.1. The lowest BCUT2D eigenvalue weighted by Crippen LogP contribution is -2.29. The van der Waals surface area contributed by atoms with Crippen molar-refractivity contribution in [2.45, 2.75) is 17.4 Å². The zero-order valence-corrected chi connectivity index (χ0v) is 19.3. The van der Waals surface area contributed by atoms with E-state index in [2.05, 4.69) is 9.82 Å². The van der Waals surface area contributed by atoms with Crippen molar-refractivity contribution < 1.29 is 8.42 Å². The van der Waals surface area contributed by atoms with Crippen LogP contribution in [0.1, 0.15) is 18.0 Å². The molecule has 5 nitrogen and oxygen atoms in total. The molecule has 4 rings (SSSR count). The number of halogens is 3. The molecular weight excluding hydrogens is 477 g/mol. The molecule has 1 atom stereocenters. The lowest BCUT2D eigenvalue weighted by molar-refractivity contribution is 0.586. The lowest BCUT2D eigenvalue weighted by atomic mass is 10.0. The van der Waals surface area contributed by atoms with Gasteiger partial charge in [-0.3, -0.25) is 5.01 Å². The standard InChI is InChI=1S/C22H18Cl3N3O2S/c23-16-8-6-15(7-9-16)22-13-18(14-26-31(29,30)19-4-2-1-3-5-19)27-28(22)21-11-10-17(24)12-20(21)25/h1-12,22,26H,13-14H2/t22-/m1/s1. The Bertz CT molecular complexity index is 1220. The van der Waals surface area contributed by atoms with Gasteiger partial charge in [-0.15, -0.1) is 0 Å². The molecule has 1 N–H and O–H groups in total. The fourth-order valence-corrected chi connectivity index (χ4v) is 5.03. The summed E-state index contributed by atoms with van der Waals surface area (Å²) in [4.78, 5) is 0.209. The largest absolute Gasteiger partial charge is 0.256 e. The Morgan fingerprint density at radius 2 is 1.61 bits per heavy atom. The molecule has 0 aliphatic carbocycles. The van der Waals surface area contributed by atoms with E-state index in [-0.39, 0.29) is 17.5 Å². The first-order valence-electron chi connectivity index (χ1n) is 9.44. The first-order valence-corrected chi connectivity index (χ1v) is 12.1. The van der Waals surface area contributed by atoms with Crippen LogP contribution in [0.15, 0.2) is 82.8 Å². The SMILES string of the molecule is O=S(=O)(NCC1=NN(c2ccc(Cl)cc2Cl)[C@@H](c2ccc(Cl)cc2)C1)c1ccccc1. The lowest BCUT2D eigenvalue weighted by Gasteiger charge is -2.25. The maximum atomic E-state index is 12.6. The Morgan fingerprint density at radius 3 is 2.29 bits per heavy atom. The van der Waals surface area contributed by atoms with Gasteiger partial charge in [0.1, 0.15) is 0 Å². The minimum Gasteiger partial charge on any atom is -0.256 e.